The fourth-order valence-corrected chi connectivity index (χ4v) is 8.50. The van der Waals surface area contributed by atoms with Gasteiger partial charge in [0, 0.05) is 19.4 Å². The second-order valence-electron chi connectivity index (χ2n) is 18.4. The van der Waals surface area contributed by atoms with Gasteiger partial charge in [-0.3, -0.25) is 18.6 Å². The molecule has 0 aromatic heterocycles. The summed E-state index contributed by atoms with van der Waals surface area (Å²) in [4.78, 5) is 35.1. The lowest BCUT2D eigenvalue weighted by Gasteiger charge is -2.19. The number of hydrogen-bond donors (Lipinski definition) is 2. The molecule has 3 N–H and O–H groups in total. The van der Waals surface area contributed by atoms with Crippen LogP contribution in [0, 0.1) is 0 Å². The predicted molar refractivity (Wildman–Crippen MR) is 284 cm³/mol. The van der Waals surface area contributed by atoms with Gasteiger partial charge >= 0.3 is 19.8 Å². The summed E-state index contributed by atoms with van der Waals surface area (Å²) in [5.41, 5.74) is 5.37. The predicted octanol–water partition coefficient (Wildman–Crippen LogP) is 17.2. The van der Waals surface area contributed by atoms with Gasteiger partial charge in [-0.25, -0.2) is 4.57 Å². The highest BCUT2D eigenvalue weighted by molar-refractivity contribution is 7.47. The minimum absolute atomic E-state index is 0.0493. The molecule has 0 saturated heterocycles. The smallest absolute Gasteiger partial charge is 0.462 e. The van der Waals surface area contributed by atoms with Gasteiger partial charge in [0.2, 0.25) is 0 Å². The zero-order valence-corrected chi connectivity index (χ0v) is 44.3. The standard InChI is InChI=1S/C57H104NO8P/c1-3-5-7-9-11-13-15-17-19-21-23-25-26-27-28-30-31-33-35-37-39-41-43-45-47-49-56(59)63-53-55(54-65-67(61,62)64-52-51-58)66-57(60)50-48-46-44-42-40-38-36-34-32-29-24-22-20-18-16-14-12-10-8-6-4-2/h15-18,21-24,32,34,55H,3-14,19-20,25-31,33,35-54,58H2,1-2H3,(H,61,62)/b17-15-,18-16-,23-21-,24-22-,34-32-. The first kappa shape index (κ1) is 64.7. The number of nitrogens with two attached hydrogens (primary N) is 1. The number of phosphoric ester groups is 1. The van der Waals surface area contributed by atoms with Crippen LogP contribution in [0.4, 0.5) is 0 Å². The van der Waals surface area contributed by atoms with Crippen LogP contribution in [0.25, 0.3) is 0 Å². The summed E-state index contributed by atoms with van der Waals surface area (Å²) in [6.45, 7) is 3.72. The van der Waals surface area contributed by atoms with Crippen LogP contribution in [-0.4, -0.2) is 49.3 Å². The Morgan fingerprint density at radius 2 is 0.776 bits per heavy atom. The van der Waals surface area contributed by atoms with Crippen LogP contribution in [0.3, 0.4) is 0 Å². The minimum Gasteiger partial charge on any atom is -0.462 e. The van der Waals surface area contributed by atoms with E-state index >= 15 is 0 Å². The summed E-state index contributed by atoms with van der Waals surface area (Å²) < 4.78 is 33.0. The lowest BCUT2D eigenvalue weighted by atomic mass is 10.0. The monoisotopic (exact) mass is 962 g/mol. The van der Waals surface area contributed by atoms with Crippen LogP contribution >= 0.6 is 7.82 Å². The second-order valence-corrected chi connectivity index (χ2v) is 19.9. The van der Waals surface area contributed by atoms with Crippen molar-refractivity contribution in [1.82, 2.24) is 0 Å². The van der Waals surface area contributed by atoms with Gasteiger partial charge in [0.1, 0.15) is 6.61 Å². The number of carbonyl (C=O) groups excluding carboxylic acids is 2. The van der Waals surface area contributed by atoms with Crippen LogP contribution in [-0.2, 0) is 32.7 Å². The molecule has 0 aliphatic heterocycles. The van der Waals surface area contributed by atoms with Crippen LogP contribution in [0.2, 0.25) is 0 Å². The third-order valence-corrected chi connectivity index (χ3v) is 12.9. The number of ether oxygens (including phenoxy) is 2. The molecule has 0 fully saturated rings. The molecule has 0 heterocycles. The van der Waals surface area contributed by atoms with Crippen molar-refractivity contribution in [3.05, 3.63) is 60.8 Å². The number of esters is 2. The molecule has 67 heavy (non-hydrogen) atoms. The van der Waals surface area contributed by atoms with E-state index in [0.29, 0.717) is 6.42 Å². The molecule has 0 aliphatic carbocycles. The molecule has 0 bridgehead atoms. The lowest BCUT2D eigenvalue weighted by molar-refractivity contribution is -0.161. The third kappa shape index (κ3) is 52.9. The zero-order chi connectivity index (χ0) is 48.8. The Labute approximate surface area is 412 Å². The van der Waals surface area contributed by atoms with Crippen molar-refractivity contribution in [2.45, 2.75) is 264 Å². The first-order valence-corrected chi connectivity index (χ1v) is 29.3. The van der Waals surface area contributed by atoms with E-state index in [-0.39, 0.29) is 38.6 Å². The zero-order valence-electron chi connectivity index (χ0n) is 43.4. The number of unbranched alkanes of at least 4 members (excludes halogenated alkanes) is 29. The van der Waals surface area contributed by atoms with Crippen molar-refractivity contribution in [2.75, 3.05) is 26.4 Å². The normalized spacial score (nSPS) is 13.6. The van der Waals surface area contributed by atoms with Gasteiger partial charge in [0.15, 0.2) is 6.10 Å². The fraction of sp³-hybridized carbons (Fsp3) is 0.789. The molecule has 9 nitrogen and oxygen atoms in total. The molecule has 2 atom stereocenters. The summed E-state index contributed by atoms with van der Waals surface area (Å²) in [7, 11) is -4.39. The molecular weight excluding hydrogens is 858 g/mol. The van der Waals surface area contributed by atoms with Gasteiger partial charge in [-0.1, -0.05) is 222 Å². The average molecular weight is 962 g/mol. The summed E-state index contributed by atoms with van der Waals surface area (Å²) in [5, 5.41) is 0. The van der Waals surface area contributed by atoms with Crippen molar-refractivity contribution < 1.29 is 37.6 Å². The molecule has 390 valence electrons. The summed E-state index contributed by atoms with van der Waals surface area (Å²) in [6, 6.07) is 0. The highest BCUT2D eigenvalue weighted by atomic mass is 31.2. The maximum Gasteiger partial charge on any atom is 0.472 e. The van der Waals surface area contributed by atoms with E-state index in [4.69, 9.17) is 24.3 Å². The van der Waals surface area contributed by atoms with Gasteiger partial charge in [-0.05, 0) is 83.5 Å². The second kappa shape index (κ2) is 53.1. The Bertz CT molecular complexity index is 1280. The Morgan fingerprint density at radius 1 is 0.448 bits per heavy atom. The van der Waals surface area contributed by atoms with Crippen LogP contribution in [0.1, 0.15) is 258 Å². The van der Waals surface area contributed by atoms with Crippen LogP contribution in [0.15, 0.2) is 60.8 Å². The maximum absolute atomic E-state index is 12.7. The van der Waals surface area contributed by atoms with E-state index in [1.165, 1.54) is 148 Å². The molecule has 0 aliphatic rings. The molecule has 0 aromatic carbocycles. The Kier molecular flexibility index (Phi) is 51.3. The molecule has 0 aromatic rings. The fourth-order valence-electron chi connectivity index (χ4n) is 7.73. The van der Waals surface area contributed by atoms with Gasteiger partial charge < -0.3 is 20.1 Å². The number of rotatable bonds is 52. The van der Waals surface area contributed by atoms with E-state index in [1.807, 2.05) is 0 Å². The molecule has 0 radical (unpaired) electrons. The molecular formula is C57H104NO8P. The summed E-state index contributed by atoms with van der Waals surface area (Å²) in [6.07, 6.45) is 65.5. The summed E-state index contributed by atoms with van der Waals surface area (Å²) in [5.74, 6) is -0.838. The molecule has 0 amide bonds. The first-order valence-electron chi connectivity index (χ1n) is 27.8. The quantitative estimate of drug-likeness (QED) is 0.0264. The van der Waals surface area contributed by atoms with Gasteiger partial charge in [0.05, 0.1) is 13.2 Å². The highest BCUT2D eigenvalue weighted by Gasteiger charge is 2.26. The number of phosphoric acid groups is 1. The van der Waals surface area contributed by atoms with Crippen molar-refractivity contribution in [1.29, 1.82) is 0 Å². The molecule has 10 heteroatoms. The molecule has 0 saturated carbocycles. The van der Waals surface area contributed by atoms with Crippen molar-refractivity contribution >= 4 is 19.8 Å². The topological polar surface area (TPSA) is 134 Å². The highest BCUT2D eigenvalue weighted by Crippen LogP contribution is 2.43. The van der Waals surface area contributed by atoms with E-state index < -0.39 is 26.5 Å². The van der Waals surface area contributed by atoms with Crippen molar-refractivity contribution in [3.63, 3.8) is 0 Å². The average Bonchev–Trinajstić information content (AvgIpc) is 3.32. The first-order chi connectivity index (χ1) is 32.8. The van der Waals surface area contributed by atoms with Crippen molar-refractivity contribution in [3.8, 4) is 0 Å². The number of carbonyl (C=O) groups is 2. The number of hydrogen-bond acceptors (Lipinski definition) is 8. The largest absolute Gasteiger partial charge is 0.472 e. The maximum atomic E-state index is 12.7. The van der Waals surface area contributed by atoms with Crippen LogP contribution in [0.5, 0.6) is 0 Å². The van der Waals surface area contributed by atoms with Gasteiger partial charge in [0.25, 0.3) is 0 Å². The Hall–Kier alpha value is -2.29. The van der Waals surface area contributed by atoms with E-state index in [9.17, 15) is 19.0 Å². The lowest BCUT2D eigenvalue weighted by Crippen LogP contribution is -2.29. The van der Waals surface area contributed by atoms with E-state index in [2.05, 4.69) is 74.6 Å². The SMILES string of the molecule is CCCCCCC/C=C\C/C=C\C/C=C\CCCCCCCCC(=O)OC(COC(=O)CCCCCCCCCCCCCCC/C=C\C/C=C\CCCCCCC)COP(=O)(O)OCCN. The third-order valence-electron chi connectivity index (χ3n) is 11.9. The molecule has 2 unspecified atom stereocenters. The molecule has 0 spiro atoms. The van der Waals surface area contributed by atoms with Crippen LogP contribution < -0.4 is 5.73 Å². The van der Waals surface area contributed by atoms with Crippen molar-refractivity contribution in [2.24, 2.45) is 5.73 Å². The minimum atomic E-state index is -4.39. The van der Waals surface area contributed by atoms with Gasteiger partial charge in [-0.2, -0.15) is 0 Å². The summed E-state index contributed by atoms with van der Waals surface area (Å²) >= 11 is 0. The van der Waals surface area contributed by atoms with E-state index in [1.54, 1.807) is 0 Å². The Balaban J connectivity index is 4.02. The van der Waals surface area contributed by atoms with Gasteiger partial charge in [-0.15, -0.1) is 0 Å². The number of allylic oxidation sites excluding steroid dienone is 10. The van der Waals surface area contributed by atoms with E-state index in [0.717, 1.165) is 77.0 Å². The molecule has 0 rings (SSSR count). The Morgan fingerprint density at radius 3 is 1.15 bits per heavy atom.